The molecule has 0 N–H and O–H groups in total. The Morgan fingerprint density at radius 1 is 0.829 bits per heavy atom. The Bertz CT molecular complexity index is 1300. The predicted octanol–water partition coefficient (Wildman–Crippen LogP) is 4.67. The molecule has 0 aromatic heterocycles. The number of carbonyl (C=O) groups is 2. The molecule has 0 radical (unpaired) electrons. The van der Waals surface area contributed by atoms with Crippen LogP contribution in [-0.2, 0) is 19.4 Å². The fourth-order valence-corrected chi connectivity index (χ4v) is 7.43. The Morgan fingerprint density at radius 3 is 1.80 bits per heavy atom. The largest absolute Gasteiger partial charge is 0.465 e. The third kappa shape index (κ3) is 4.76. The number of nitrogens with zero attached hydrogens (tertiary/aromatic N) is 1. The Morgan fingerprint density at radius 2 is 1.31 bits per heavy atom. The molecule has 1 heterocycles. The van der Waals surface area contributed by atoms with Gasteiger partial charge in [0.15, 0.2) is 20.9 Å². The summed E-state index contributed by atoms with van der Waals surface area (Å²) in [6.07, 6.45) is 0. The van der Waals surface area contributed by atoms with Gasteiger partial charge in [-0.25, -0.2) is 8.42 Å². The Hall–Kier alpha value is -3.00. The van der Waals surface area contributed by atoms with Gasteiger partial charge < -0.3 is 4.74 Å². The molecule has 4 rings (SSSR count). The molecule has 0 bridgehead atoms. The molecule has 35 heavy (non-hydrogen) atoms. The van der Waals surface area contributed by atoms with E-state index in [1.54, 1.807) is 74.6 Å². The average Bonchev–Trinajstić information content (AvgIpc) is 2.85. The summed E-state index contributed by atoms with van der Waals surface area (Å²) < 4.78 is 33.7. The smallest absolute Gasteiger partial charge is 0.326 e. The maximum atomic E-state index is 14.2. The topological polar surface area (TPSA) is 80.8 Å². The van der Waals surface area contributed by atoms with Crippen LogP contribution in [0.15, 0.2) is 84.9 Å². The molecule has 1 aliphatic rings. The first-order valence-corrected chi connectivity index (χ1v) is 13.3. The van der Waals surface area contributed by atoms with Crippen molar-refractivity contribution in [1.82, 2.24) is 4.90 Å². The van der Waals surface area contributed by atoms with Crippen molar-refractivity contribution in [3.05, 3.63) is 107 Å². The summed E-state index contributed by atoms with van der Waals surface area (Å²) in [5.41, 5.74) is 1.52. The van der Waals surface area contributed by atoms with Gasteiger partial charge in [-0.05, 0) is 49.4 Å². The molecule has 3 aromatic carbocycles. The Kier molecular flexibility index (Phi) is 7.40. The first kappa shape index (κ1) is 25.1. The van der Waals surface area contributed by atoms with Gasteiger partial charge in [-0.2, -0.15) is 0 Å². The molecule has 182 valence electrons. The van der Waals surface area contributed by atoms with Gasteiger partial charge in [0.2, 0.25) is 0 Å². The van der Waals surface area contributed by atoms with Crippen LogP contribution in [-0.4, -0.2) is 49.2 Å². The number of hydrogen-bond donors (Lipinski definition) is 0. The summed E-state index contributed by atoms with van der Waals surface area (Å²) >= 11 is 5.99. The standard InChI is InChI=1S/C27H26ClNO5S/c1-3-34-27(31)26-23(19-12-8-5-9-13-19)29(2)22(18-10-6-4-7-11-18)25(35(26,32)33)24(30)20-14-16-21(28)17-15-20/h4-17,22-23,25-26H,3H2,1-2H3/t22-,23+,25+,26-/m1/s1. The number of halogens is 1. The predicted molar refractivity (Wildman–Crippen MR) is 135 cm³/mol. The number of benzene rings is 3. The van der Waals surface area contributed by atoms with Gasteiger partial charge in [0.25, 0.3) is 0 Å². The lowest BCUT2D eigenvalue weighted by molar-refractivity contribution is -0.144. The van der Waals surface area contributed by atoms with Crippen LogP contribution >= 0.6 is 11.6 Å². The van der Waals surface area contributed by atoms with Crippen LogP contribution in [0.1, 0.15) is 40.5 Å². The van der Waals surface area contributed by atoms with Crippen LogP contribution in [0.4, 0.5) is 0 Å². The van der Waals surface area contributed by atoms with E-state index in [2.05, 4.69) is 0 Å². The number of ketones is 1. The molecule has 0 saturated carbocycles. The van der Waals surface area contributed by atoms with Gasteiger partial charge in [0, 0.05) is 10.6 Å². The molecule has 0 aliphatic carbocycles. The molecule has 1 fully saturated rings. The molecule has 0 unspecified atom stereocenters. The van der Waals surface area contributed by atoms with E-state index in [9.17, 15) is 18.0 Å². The minimum absolute atomic E-state index is 0.0218. The van der Waals surface area contributed by atoms with Gasteiger partial charge >= 0.3 is 5.97 Å². The normalized spacial score (nSPS) is 24.0. The zero-order valence-electron chi connectivity index (χ0n) is 19.4. The number of Topliss-reactive ketones (excluding diaryl/α,β-unsaturated/α-hetero) is 1. The van der Waals surface area contributed by atoms with Crippen molar-refractivity contribution in [3.63, 3.8) is 0 Å². The number of ether oxygens (including phenoxy) is 1. The highest BCUT2D eigenvalue weighted by Crippen LogP contribution is 2.46. The third-order valence-electron chi connectivity index (χ3n) is 6.35. The second-order valence-corrected chi connectivity index (χ2v) is 11.1. The second kappa shape index (κ2) is 10.3. The van der Waals surface area contributed by atoms with Gasteiger partial charge in [0.1, 0.15) is 5.25 Å². The maximum Gasteiger partial charge on any atom is 0.326 e. The molecule has 1 saturated heterocycles. The van der Waals surface area contributed by atoms with Crippen LogP contribution in [0.25, 0.3) is 0 Å². The van der Waals surface area contributed by atoms with E-state index in [4.69, 9.17) is 16.3 Å². The van der Waals surface area contributed by atoms with Crippen molar-refractivity contribution in [2.24, 2.45) is 0 Å². The van der Waals surface area contributed by atoms with E-state index < -0.39 is 44.2 Å². The molecule has 4 atom stereocenters. The minimum Gasteiger partial charge on any atom is -0.465 e. The fourth-order valence-electron chi connectivity index (χ4n) is 4.80. The van der Waals surface area contributed by atoms with Crippen molar-refractivity contribution in [3.8, 4) is 0 Å². The summed E-state index contributed by atoms with van der Waals surface area (Å²) in [5.74, 6) is -1.46. The number of hydrogen-bond acceptors (Lipinski definition) is 6. The number of carbonyl (C=O) groups excluding carboxylic acids is 2. The van der Waals surface area contributed by atoms with E-state index in [0.717, 1.165) is 0 Å². The van der Waals surface area contributed by atoms with Crippen molar-refractivity contribution in [1.29, 1.82) is 0 Å². The van der Waals surface area contributed by atoms with Gasteiger partial charge in [0.05, 0.1) is 18.7 Å². The molecule has 0 spiro atoms. The van der Waals surface area contributed by atoms with Crippen molar-refractivity contribution in [2.75, 3.05) is 13.7 Å². The Balaban J connectivity index is 1.95. The molecule has 6 nitrogen and oxygen atoms in total. The van der Waals surface area contributed by atoms with E-state index in [-0.39, 0.29) is 12.2 Å². The summed E-state index contributed by atoms with van der Waals surface area (Å²) in [7, 11) is -2.62. The zero-order valence-corrected chi connectivity index (χ0v) is 20.9. The van der Waals surface area contributed by atoms with E-state index in [0.29, 0.717) is 16.1 Å². The van der Waals surface area contributed by atoms with Crippen LogP contribution in [0.3, 0.4) is 0 Å². The highest BCUT2D eigenvalue weighted by Gasteiger charge is 2.58. The number of rotatable bonds is 6. The first-order valence-electron chi connectivity index (χ1n) is 11.3. The van der Waals surface area contributed by atoms with Crippen LogP contribution in [0, 0.1) is 0 Å². The van der Waals surface area contributed by atoms with E-state index >= 15 is 0 Å². The van der Waals surface area contributed by atoms with E-state index in [1.807, 2.05) is 17.0 Å². The molecule has 3 aromatic rings. The van der Waals surface area contributed by atoms with Crippen molar-refractivity contribution >= 4 is 33.2 Å². The SMILES string of the molecule is CCOC(=O)[C@H]1[C@H](c2ccccc2)N(C)[C@H](c2ccccc2)[C@@H](C(=O)c2ccc(Cl)cc2)S1(=O)=O. The summed E-state index contributed by atoms with van der Waals surface area (Å²) in [6, 6.07) is 22.4. The van der Waals surface area contributed by atoms with Crippen LogP contribution in [0.5, 0.6) is 0 Å². The summed E-state index contributed by atoms with van der Waals surface area (Å²) in [5, 5.41) is -2.67. The summed E-state index contributed by atoms with van der Waals surface area (Å²) in [6.45, 7) is 1.64. The Labute approximate surface area is 210 Å². The molecule has 8 heteroatoms. The molecular formula is C27H26ClNO5S. The highest BCUT2D eigenvalue weighted by atomic mass is 35.5. The van der Waals surface area contributed by atoms with Gasteiger partial charge in [-0.15, -0.1) is 0 Å². The third-order valence-corrected chi connectivity index (χ3v) is 8.94. The van der Waals surface area contributed by atoms with Gasteiger partial charge in [-0.1, -0.05) is 72.3 Å². The quantitative estimate of drug-likeness (QED) is 0.353. The number of esters is 1. The van der Waals surface area contributed by atoms with E-state index in [1.165, 1.54) is 12.1 Å². The fraction of sp³-hybridized carbons (Fsp3) is 0.259. The zero-order chi connectivity index (χ0) is 25.2. The molecular weight excluding hydrogens is 486 g/mol. The van der Waals surface area contributed by atoms with Crippen LogP contribution < -0.4 is 0 Å². The van der Waals surface area contributed by atoms with Crippen LogP contribution in [0.2, 0.25) is 5.02 Å². The lowest BCUT2D eigenvalue weighted by Gasteiger charge is -2.47. The monoisotopic (exact) mass is 511 g/mol. The van der Waals surface area contributed by atoms with Crippen molar-refractivity contribution < 1.29 is 22.7 Å². The lowest BCUT2D eigenvalue weighted by Crippen LogP contribution is -2.59. The molecule has 0 amide bonds. The summed E-state index contributed by atoms with van der Waals surface area (Å²) in [4.78, 5) is 28.8. The minimum atomic E-state index is -4.37. The molecule has 1 aliphatic heterocycles. The lowest BCUT2D eigenvalue weighted by atomic mass is 9.91. The van der Waals surface area contributed by atoms with Gasteiger partial charge in [-0.3, -0.25) is 14.5 Å². The highest BCUT2D eigenvalue weighted by molar-refractivity contribution is 7.94. The first-order chi connectivity index (χ1) is 16.8. The number of sulfone groups is 1. The maximum absolute atomic E-state index is 14.2. The average molecular weight is 512 g/mol. The van der Waals surface area contributed by atoms with Crippen molar-refractivity contribution in [2.45, 2.75) is 29.5 Å². The second-order valence-electron chi connectivity index (χ2n) is 8.43.